The number of aryl methyl sites for hydroxylation is 1. The SMILES string of the molecule is CCOc1cc(OC)c(C)cc1Br. The van der Waals surface area contributed by atoms with Crippen LogP contribution in [0.15, 0.2) is 16.6 Å². The van der Waals surface area contributed by atoms with E-state index in [1.165, 1.54) is 0 Å². The number of halogens is 1. The maximum atomic E-state index is 5.41. The van der Waals surface area contributed by atoms with Crippen molar-refractivity contribution in [2.24, 2.45) is 0 Å². The molecule has 0 aliphatic heterocycles. The van der Waals surface area contributed by atoms with Crippen molar-refractivity contribution in [2.75, 3.05) is 13.7 Å². The van der Waals surface area contributed by atoms with Gasteiger partial charge in [0.2, 0.25) is 0 Å². The summed E-state index contributed by atoms with van der Waals surface area (Å²) in [5.41, 5.74) is 1.10. The van der Waals surface area contributed by atoms with E-state index < -0.39 is 0 Å². The molecule has 3 heteroatoms. The van der Waals surface area contributed by atoms with Gasteiger partial charge in [-0.15, -0.1) is 0 Å². The Morgan fingerprint density at radius 2 is 2.00 bits per heavy atom. The molecular weight excluding hydrogens is 232 g/mol. The quantitative estimate of drug-likeness (QED) is 0.814. The third-order valence-corrected chi connectivity index (χ3v) is 2.37. The fourth-order valence-electron chi connectivity index (χ4n) is 1.12. The van der Waals surface area contributed by atoms with E-state index in [1.807, 2.05) is 26.0 Å². The van der Waals surface area contributed by atoms with Gasteiger partial charge in [-0.1, -0.05) is 0 Å². The largest absolute Gasteiger partial charge is 0.496 e. The lowest BCUT2D eigenvalue weighted by atomic mass is 10.2. The Hall–Kier alpha value is -0.700. The molecule has 1 aromatic rings. The smallest absolute Gasteiger partial charge is 0.137 e. The number of hydrogen-bond donors (Lipinski definition) is 0. The van der Waals surface area contributed by atoms with Crippen molar-refractivity contribution < 1.29 is 9.47 Å². The second-order valence-electron chi connectivity index (χ2n) is 2.69. The summed E-state index contributed by atoms with van der Waals surface area (Å²) < 4.78 is 11.6. The molecule has 1 aromatic carbocycles. The molecule has 0 heterocycles. The monoisotopic (exact) mass is 244 g/mol. The molecule has 0 fully saturated rings. The molecular formula is C10H13BrO2. The van der Waals surface area contributed by atoms with E-state index in [9.17, 15) is 0 Å². The van der Waals surface area contributed by atoms with Crippen molar-refractivity contribution >= 4 is 15.9 Å². The summed E-state index contributed by atoms with van der Waals surface area (Å²) in [5, 5.41) is 0. The second-order valence-corrected chi connectivity index (χ2v) is 3.54. The van der Waals surface area contributed by atoms with E-state index in [-0.39, 0.29) is 0 Å². The minimum absolute atomic E-state index is 0.658. The van der Waals surface area contributed by atoms with Gasteiger partial charge in [-0.3, -0.25) is 0 Å². The summed E-state index contributed by atoms with van der Waals surface area (Å²) in [5.74, 6) is 1.68. The highest BCUT2D eigenvalue weighted by Gasteiger charge is 2.05. The molecule has 0 saturated carbocycles. The van der Waals surface area contributed by atoms with Gasteiger partial charge in [-0.05, 0) is 41.4 Å². The Morgan fingerprint density at radius 1 is 1.31 bits per heavy atom. The molecule has 2 nitrogen and oxygen atoms in total. The molecule has 0 bridgehead atoms. The third-order valence-electron chi connectivity index (χ3n) is 1.75. The van der Waals surface area contributed by atoms with Gasteiger partial charge < -0.3 is 9.47 Å². The minimum Gasteiger partial charge on any atom is -0.496 e. The predicted molar refractivity (Wildman–Crippen MR) is 56.6 cm³/mol. The molecule has 0 spiro atoms. The zero-order chi connectivity index (χ0) is 9.84. The lowest BCUT2D eigenvalue weighted by molar-refractivity contribution is 0.333. The van der Waals surface area contributed by atoms with Gasteiger partial charge in [0, 0.05) is 6.07 Å². The maximum absolute atomic E-state index is 5.41. The minimum atomic E-state index is 0.658. The Morgan fingerprint density at radius 3 is 2.54 bits per heavy atom. The average molecular weight is 245 g/mol. The van der Waals surface area contributed by atoms with Crippen molar-refractivity contribution in [3.8, 4) is 11.5 Å². The van der Waals surface area contributed by atoms with Gasteiger partial charge >= 0.3 is 0 Å². The van der Waals surface area contributed by atoms with Crippen LogP contribution >= 0.6 is 15.9 Å². The Bertz CT molecular complexity index is 297. The molecule has 1 rings (SSSR count). The fraction of sp³-hybridized carbons (Fsp3) is 0.400. The molecule has 0 radical (unpaired) electrons. The van der Waals surface area contributed by atoms with Crippen LogP contribution in [-0.2, 0) is 0 Å². The number of rotatable bonds is 3. The molecule has 13 heavy (non-hydrogen) atoms. The lowest BCUT2D eigenvalue weighted by Crippen LogP contribution is -1.94. The van der Waals surface area contributed by atoms with Crippen LogP contribution in [0.3, 0.4) is 0 Å². The lowest BCUT2D eigenvalue weighted by Gasteiger charge is -2.10. The molecule has 0 amide bonds. The van der Waals surface area contributed by atoms with Gasteiger partial charge in [0.05, 0.1) is 18.2 Å². The first-order chi connectivity index (χ1) is 6.19. The van der Waals surface area contributed by atoms with Crippen LogP contribution in [0, 0.1) is 6.92 Å². The molecule has 0 N–H and O–H groups in total. The Labute approximate surface area is 87.0 Å². The van der Waals surface area contributed by atoms with E-state index >= 15 is 0 Å². The second kappa shape index (κ2) is 4.51. The predicted octanol–water partition coefficient (Wildman–Crippen LogP) is 3.16. The first-order valence-corrected chi connectivity index (χ1v) is 4.95. The maximum Gasteiger partial charge on any atom is 0.137 e. The van der Waals surface area contributed by atoms with Crippen molar-refractivity contribution in [2.45, 2.75) is 13.8 Å². The van der Waals surface area contributed by atoms with Crippen LogP contribution in [0.2, 0.25) is 0 Å². The highest BCUT2D eigenvalue weighted by Crippen LogP contribution is 2.32. The summed E-state index contributed by atoms with van der Waals surface area (Å²) in [7, 11) is 1.66. The van der Waals surface area contributed by atoms with Gasteiger partial charge in [0.15, 0.2) is 0 Å². The van der Waals surface area contributed by atoms with E-state index in [4.69, 9.17) is 9.47 Å². The molecule has 0 aliphatic rings. The Kier molecular flexibility index (Phi) is 3.60. The highest BCUT2D eigenvalue weighted by atomic mass is 79.9. The van der Waals surface area contributed by atoms with Crippen LogP contribution < -0.4 is 9.47 Å². The normalized spacial score (nSPS) is 9.85. The summed E-state index contributed by atoms with van der Waals surface area (Å²) in [4.78, 5) is 0. The molecule has 0 atom stereocenters. The standard InChI is InChI=1S/C10H13BrO2/c1-4-13-10-6-9(12-3)7(2)5-8(10)11/h5-6H,4H2,1-3H3. The van der Waals surface area contributed by atoms with Crippen LogP contribution in [0.5, 0.6) is 11.5 Å². The van der Waals surface area contributed by atoms with Crippen LogP contribution in [0.1, 0.15) is 12.5 Å². The van der Waals surface area contributed by atoms with E-state index in [1.54, 1.807) is 7.11 Å². The number of methoxy groups -OCH3 is 1. The first kappa shape index (κ1) is 10.4. The molecule has 0 aliphatic carbocycles. The summed E-state index contributed by atoms with van der Waals surface area (Å²) in [6.45, 7) is 4.61. The van der Waals surface area contributed by atoms with Crippen LogP contribution in [-0.4, -0.2) is 13.7 Å². The van der Waals surface area contributed by atoms with E-state index in [0.29, 0.717) is 6.61 Å². The van der Waals surface area contributed by atoms with Crippen LogP contribution in [0.25, 0.3) is 0 Å². The summed E-state index contributed by atoms with van der Waals surface area (Å²) >= 11 is 3.43. The van der Waals surface area contributed by atoms with Crippen molar-refractivity contribution in [3.05, 3.63) is 22.2 Å². The molecule has 0 saturated heterocycles. The van der Waals surface area contributed by atoms with Crippen molar-refractivity contribution in [3.63, 3.8) is 0 Å². The number of hydrogen-bond acceptors (Lipinski definition) is 2. The molecule has 0 aromatic heterocycles. The summed E-state index contributed by atoms with van der Waals surface area (Å²) in [6, 6.07) is 3.88. The first-order valence-electron chi connectivity index (χ1n) is 4.16. The van der Waals surface area contributed by atoms with Crippen LogP contribution in [0.4, 0.5) is 0 Å². The topological polar surface area (TPSA) is 18.5 Å². The van der Waals surface area contributed by atoms with Gasteiger partial charge in [0.25, 0.3) is 0 Å². The van der Waals surface area contributed by atoms with Gasteiger partial charge in [-0.2, -0.15) is 0 Å². The highest BCUT2D eigenvalue weighted by molar-refractivity contribution is 9.10. The van der Waals surface area contributed by atoms with E-state index in [2.05, 4.69) is 15.9 Å². The average Bonchev–Trinajstić information content (AvgIpc) is 2.10. The zero-order valence-electron chi connectivity index (χ0n) is 8.06. The van der Waals surface area contributed by atoms with Crippen molar-refractivity contribution in [1.82, 2.24) is 0 Å². The van der Waals surface area contributed by atoms with Gasteiger partial charge in [-0.25, -0.2) is 0 Å². The zero-order valence-corrected chi connectivity index (χ0v) is 9.64. The molecule has 0 unspecified atom stereocenters. The third kappa shape index (κ3) is 2.37. The molecule has 72 valence electrons. The van der Waals surface area contributed by atoms with E-state index in [0.717, 1.165) is 21.5 Å². The number of benzene rings is 1. The Balaban J connectivity index is 3.06. The summed E-state index contributed by atoms with van der Waals surface area (Å²) in [6.07, 6.45) is 0. The number of ether oxygens (including phenoxy) is 2. The van der Waals surface area contributed by atoms with Crippen molar-refractivity contribution in [1.29, 1.82) is 0 Å². The fourth-order valence-corrected chi connectivity index (χ4v) is 1.69. The van der Waals surface area contributed by atoms with Gasteiger partial charge in [0.1, 0.15) is 11.5 Å².